The molecule has 4 aliphatic heterocycles. The maximum atomic E-state index is 12.7. The molecule has 0 amide bonds. The second kappa shape index (κ2) is 6.04. The van der Waals surface area contributed by atoms with Crippen LogP contribution < -0.4 is 15.8 Å². The number of aromatic amines is 1. The summed E-state index contributed by atoms with van der Waals surface area (Å²) in [6.07, 6.45) is 2.95. The molecule has 1 aliphatic carbocycles. The number of aryl methyl sites for hydroxylation is 1. The molecule has 6 rings (SSSR count). The summed E-state index contributed by atoms with van der Waals surface area (Å²) < 4.78 is 0. The average Bonchev–Trinajstić information content (AvgIpc) is 3.37. The summed E-state index contributed by atoms with van der Waals surface area (Å²) in [6, 6.07) is 17.8. The van der Waals surface area contributed by atoms with E-state index < -0.39 is 0 Å². The van der Waals surface area contributed by atoms with Gasteiger partial charge >= 0.3 is 0 Å². The molecule has 2 saturated heterocycles. The Morgan fingerprint density at radius 2 is 2.00 bits per heavy atom. The van der Waals surface area contributed by atoms with Crippen LogP contribution in [0.4, 0.5) is 11.4 Å². The minimum absolute atomic E-state index is 0.0394. The maximum Gasteiger partial charge on any atom is 0.258 e. The first-order valence-electron chi connectivity index (χ1n) is 10.1. The van der Waals surface area contributed by atoms with Crippen LogP contribution in [0.15, 0.2) is 58.3 Å². The van der Waals surface area contributed by atoms with E-state index in [-0.39, 0.29) is 5.56 Å². The van der Waals surface area contributed by atoms with E-state index in [9.17, 15) is 4.79 Å². The number of aromatic nitrogens is 1. The van der Waals surface area contributed by atoms with Crippen molar-refractivity contribution in [3.8, 4) is 11.3 Å². The van der Waals surface area contributed by atoms with Crippen molar-refractivity contribution < 1.29 is 0 Å². The summed E-state index contributed by atoms with van der Waals surface area (Å²) in [5.74, 6) is 0. The Morgan fingerprint density at radius 3 is 2.86 bits per heavy atom. The van der Waals surface area contributed by atoms with E-state index in [0.29, 0.717) is 12.1 Å². The largest absolute Gasteiger partial charge is 0.366 e. The first-order chi connectivity index (χ1) is 13.8. The molecule has 0 aromatic heterocycles. The second-order valence-electron chi connectivity index (χ2n) is 8.09. The van der Waals surface area contributed by atoms with Gasteiger partial charge in [0, 0.05) is 42.1 Å². The van der Waals surface area contributed by atoms with Crippen molar-refractivity contribution >= 4 is 17.1 Å². The van der Waals surface area contributed by atoms with Crippen molar-refractivity contribution in [2.75, 3.05) is 18.0 Å². The van der Waals surface area contributed by atoms with Gasteiger partial charge in [-0.25, -0.2) is 0 Å². The quantitative estimate of drug-likeness (QED) is 0.729. The van der Waals surface area contributed by atoms with Gasteiger partial charge in [0.2, 0.25) is 0 Å². The van der Waals surface area contributed by atoms with E-state index in [2.05, 4.69) is 33.4 Å². The predicted octanol–water partition coefficient (Wildman–Crippen LogP) is 3.10. The fourth-order valence-electron chi connectivity index (χ4n) is 5.03. The lowest BCUT2D eigenvalue weighted by Crippen LogP contribution is -2.43. The number of nitrogens with zero attached hydrogens (tertiary/aromatic N) is 2. The van der Waals surface area contributed by atoms with Gasteiger partial charge in [0.1, 0.15) is 0 Å². The standard InChI is InChI=1S/C23H22N4O/c28-23-22(18-4-2-1-3-5-19(18)26-23)20-9-7-14-6-8-16(11-21(14)25-20)27-13-15-10-17(27)12-24-15/h1-6,8,11,15,17,24H,7,9-10,12-13H2,(H,26,28). The van der Waals surface area contributed by atoms with Gasteiger partial charge < -0.3 is 15.2 Å². The van der Waals surface area contributed by atoms with E-state index in [1.807, 2.05) is 30.3 Å². The highest BCUT2D eigenvalue weighted by atomic mass is 16.1. The number of anilines is 1. The summed E-state index contributed by atoms with van der Waals surface area (Å²) in [6.45, 7) is 2.14. The minimum atomic E-state index is -0.0394. The zero-order chi connectivity index (χ0) is 18.7. The smallest absolute Gasteiger partial charge is 0.258 e. The highest BCUT2D eigenvalue weighted by Crippen LogP contribution is 2.36. The van der Waals surface area contributed by atoms with Crippen molar-refractivity contribution in [2.45, 2.75) is 31.3 Å². The number of hydrogen-bond donors (Lipinski definition) is 2. The maximum absolute atomic E-state index is 12.7. The summed E-state index contributed by atoms with van der Waals surface area (Å²) in [7, 11) is 0. The van der Waals surface area contributed by atoms with E-state index >= 15 is 0 Å². The van der Waals surface area contributed by atoms with Gasteiger partial charge in [-0.1, -0.05) is 30.3 Å². The van der Waals surface area contributed by atoms with Crippen molar-refractivity contribution in [1.82, 2.24) is 10.3 Å². The number of benzene rings is 1. The van der Waals surface area contributed by atoms with Gasteiger partial charge in [0.15, 0.2) is 0 Å². The zero-order valence-electron chi connectivity index (χ0n) is 15.6. The molecule has 28 heavy (non-hydrogen) atoms. The Bertz CT molecular complexity index is 1130. The van der Waals surface area contributed by atoms with E-state index in [0.717, 1.165) is 54.2 Å². The first kappa shape index (κ1) is 16.1. The van der Waals surface area contributed by atoms with Gasteiger partial charge in [-0.05, 0) is 43.0 Å². The summed E-state index contributed by atoms with van der Waals surface area (Å²) in [5.41, 5.74) is 6.96. The Hall–Kier alpha value is -2.92. The van der Waals surface area contributed by atoms with Crippen LogP contribution in [0.25, 0.3) is 11.3 Å². The summed E-state index contributed by atoms with van der Waals surface area (Å²) >= 11 is 0. The molecule has 2 bridgehead atoms. The number of fused-ring (bicyclic) bond motifs is 4. The van der Waals surface area contributed by atoms with Crippen LogP contribution >= 0.6 is 0 Å². The van der Waals surface area contributed by atoms with Crippen LogP contribution in [0.2, 0.25) is 0 Å². The van der Waals surface area contributed by atoms with Crippen LogP contribution in [0, 0.1) is 0 Å². The molecule has 5 nitrogen and oxygen atoms in total. The normalized spacial score (nSPS) is 23.1. The van der Waals surface area contributed by atoms with Crippen LogP contribution in [0.5, 0.6) is 0 Å². The lowest BCUT2D eigenvalue weighted by molar-refractivity contribution is 0.580. The third kappa shape index (κ3) is 2.43. The van der Waals surface area contributed by atoms with Crippen molar-refractivity contribution in [3.63, 3.8) is 0 Å². The van der Waals surface area contributed by atoms with E-state index in [1.54, 1.807) is 0 Å². The molecule has 1 aromatic carbocycles. The molecule has 140 valence electrons. The SMILES string of the molecule is O=c1[nH]c2cccccc-2c1C1=Nc2cc(N3CC4CC3CN4)ccc2CC1. The van der Waals surface area contributed by atoms with Crippen LogP contribution in [-0.2, 0) is 6.42 Å². The number of piperazine rings is 1. The molecule has 5 heteroatoms. The van der Waals surface area contributed by atoms with Gasteiger partial charge in [-0.3, -0.25) is 9.79 Å². The van der Waals surface area contributed by atoms with Crippen molar-refractivity contribution in [2.24, 2.45) is 4.99 Å². The Morgan fingerprint density at radius 1 is 1.07 bits per heavy atom. The fraction of sp³-hybridized carbons (Fsp3) is 0.304. The molecule has 2 atom stereocenters. The van der Waals surface area contributed by atoms with E-state index in [4.69, 9.17) is 4.99 Å². The first-order valence-corrected chi connectivity index (χ1v) is 10.1. The third-order valence-electron chi connectivity index (χ3n) is 6.42. The number of aliphatic imine (C=N–C) groups is 1. The molecule has 2 unspecified atom stereocenters. The fourth-order valence-corrected chi connectivity index (χ4v) is 5.03. The monoisotopic (exact) mass is 370 g/mol. The highest BCUT2D eigenvalue weighted by Gasteiger charge is 2.37. The predicted molar refractivity (Wildman–Crippen MR) is 112 cm³/mol. The average molecular weight is 370 g/mol. The van der Waals surface area contributed by atoms with Crippen LogP contribution in [0.1, 0.15) is 24.0 Å². The lowest BCUT2D eigenvalue weighted by atomic mass is 9.95. The Balaban J connectivity index is 1.42. The summed E-state index contributed by atoms with van der Waals surface area (Å²) in [4.78, 5) is 23.1. The molecule has 2 fully saturated rings. The Kier molecular flexibility index (Phi) is 3.47. The van der Waals surface area contributed by atoms with Crippen LogP contribution in [0.3, 0.4) is 0 Å². The molecular weight excluding hydrogens is 348 g/mol. The zero-order valence-corrected chi connectivity index (χ0v) is 15.6. The van der Waals surface area contributed by atoms with Gasteiger partial charge in [0.05, 0.1) is 17.0 Å². The van der Waals surface area contributed by atoms with Gasteiger partial charge in [-0.2, -0.15) is 0 Å². The molecule has 0 saturated carbocycles. The third-order valence-corrected chi connectivity index (χ3v) is 6.42. The number of nitrogens with one attached hydrogen (secondary N) is 2. The minimum Gasteiger partial charge on any atom is -0.366 e. The lowest BCUT2D eigenvalue weighted by Gasteiger charge is -2.30. The Labute approximate surface area is 163 Å². The van der Waals surface area contributed by atoms with E-state index in [1.165, 1.54) is 17.7 Å². The highest BCUT2D eigenvalue weighted by molar-refractivity contribution is 6.08. The molecule has 1 aromatic rings. The number of H-pyrrole nitrogens is 1. The van der Waals surface area contributed by atoms with Crippen molar-refractivity contribution in [1.29, 1.82) is 0 Å². The molecule has 5 aliphatic rings. The van der Waals surface area contributed by atoms with Crippen LogP contribution in [-0.4, -0.2) is 35.9 Å². The van der Waals surface area contributed by atoms with Crippen molar-refractivity contribution in [3.05, 3.63) is 70.0 Å². The molecular formula is C23H22N4O. The number of hydrogen-bond acceptors (Lipinski definition) is 4. The van der Waals surface area contributed by atoms with Gasteiger partial charge in [0.25, 0.3) is 5.56 Å². The molecule has 0 radical (unpaired) electrons. The topological polar surface area (TPSA) is 60.5 Å². The summed E-state index contributed by atoms with van der Waals surface area (Å²) in [5, 5.41) is 3.56. The molecule has 0 spiro atoms. The number of rotatable bonds is 2. The second-order valence-corrected chi connectivity index (χ2v) is 8.09. The van der Waals surface area contributed by atoms with Gasteiger partial charge in [-0.15, -0.1) is 0 Å². The molecule has 2 N–H and O–H groups in total. The molecule has 4 heterocycles.